The van der Waals surface area contributed by atoms with Crippen LogP contribution in [-0.2, 0) is 0 Å². The summed E-state index contributed by atoms with van der Waals surface area (Å²) in [5.41, 5.74) is 6.58. The number of methoxy groups -OCH3 is 2. The Kier molecular flexibility index (Phi) is 5.25. The van der Waals surface area contributed by atoms with E-state index in [-0.39, 0.29) is 6.04 Å². The molecule has 0 aromatic heterocycles. The van der Waals surface area contributed by atoms with Crippen LogP contribution in [0.2, 0.25) is 0 Å². The lowest BCUT2D eigenvalue weighted by Gasteiger charge is -2.18. The molecule has 0 saturated heterocycles. The fourth-order valence-corrected chi connectivity index (χ4v) is 1.67. The predicted molar refractivity (Wildman–Crippen MR) is 67.4 cm³/mol. The Morgan fingerprint density at radius 1 is 1.29 bits per heavy atom. The largest absolute Gasteiger partial charge is 0.497 e. The van der Waals surface area contributed by atoms with Crippen molar-refractivity contribution in [2.45, 2.75) is 31.9 Å². The average molecular weight is 239 g/mol. The number of nitrogens with two attached hydrogens (primary N) is 1. The molecule has 1 aromatic carbocycles. The summed E-state index contributed by atoms with van der Waals surface area (Å²) >= 11 is 0. The maximum absolute atomic E-state index is 10.1. The SMILES string of the molecule is CCC(N)CC(O)c1ccc(OC)cc1OC. The summed E-state index contributed by atoms with van der Waals surface area (Å²) in [4.78, 5) is 0. The Morgan fingerprint density at radius 2 is 2.00 bits per heavy atom. The van der Waals surface area contributed by atoms with Crippen LogP contribution in [0.4, 0.5) is 0 Å². The first-order chi connectivity index (χ1) is 8.12. The minimum Gasteiger partial charge on any atom is -0.497 e. The molecule has 0 amide bonds. The van der Waals surface area contributed by atoms with E-state index in [0.717, 1.165) is 12.0 Å². The van der Waals surface area contributed by atoms with Crippen molar-refractivity contribution in [1.29, 1.82) is 0 Å². The van der Waals surface area contributed by atoms with Gasteiger partial charge in [-0.3, -0.25) is 0 Å². The van der Waals surface area contributed by atoms with E-state index in [9.17, 15) is 5.11 Å². The van der Waals surface area contributed by atoms with E-state index in [4.69, 9.17) is 15.2 Å². The van der Waals surface area contributed by atoms with Gasteiger partial charge in [0.15, 0.2) is 0 Å². The molecule has 3 N–H and O–H groups in total. The summed E-state index contributed by atoms with van der Waals surface area (Å²) in [5, 5.41) is 10.1. The molecule has 0 saturated carbocycles. The Balaban J connectivity index is 2.88. The molecule has 2 atom stereocenters. The maximum atomic E-state index is 10.1. The summed E-state index contributed by atoms with van der Waals surface area (Å²) in [6.45, 7) is 2.00. The number of benzene rings is 1. The lowest BCUT2D eigenvalue weighted by Crippen LogP contribution is -2.21. The lowest BCUT2D eigenvalue weighted by atomic mass is 10.00. The van der Waals surface area contributed by atoms with Crippen molar-refractivity contribution in [2.24, 2.45) is 5.73 Å². The molecule has 0 aliphatic carbocycles. The van der Waals surface area contributed by atoms with Crippen LogP contribution in [0.15, 0.2) is 18.2 Å². The zero-order valence-electron chi connectivity index (χ0n) is 10.6. The fraction of sp³-hybridized carbons (Fsp3) is 0.538. The van der Waals surface area contributed by atoms with Gasteiger partial charge in [0.2, 0.25) is 0 Å². The van der Waals surface area contributed by atoms with Crippen LogP contribution in [0.5, 0.6) is 11.5 Å². The topological polar surface area (TPSA) is 64.7 Å². The number of hydrogen-bond donors (Lipinski definition) is 2. The number of ether oxygens (including phenoxy) is 2. The minimum absolute atomic E-state index is 0.00296. The molecule has 0 aliphatic rings. The van der Waals surface area contributed by atoms with Gasteiger partial charge >= 0.3 is 0 Å². The van der Waals surface area contributed by atoms with Crippen molar-refractivity contribution in [3.63, 3.8) is 0 Å². The van der Waals surface area contributed by atoms with Crippen LogP contribution in [0.25, 0.3) is 0 Å². The van der Waals surface area contributed by atoms with E-state index < -0.39 is 6.10 Å². The van der Waals surface area contributed by atoms with Crippen molar-refractivity contribution in [1.82, 2.24) is 0 Å². The Bertz CT molecular complexity index is 355. The third kappa shape index (κ3) is 3.61. The van der Waals surface area contributed by atoms with Crippen LogP contribution in [0.3, 0.4) is 0 Å². The molecule has 0 heterocycles. The maximum Gasteiger partial charge on any atom is 0.128 e. The normalized spacial score (nSPS) is 14.2. The van der Waals surface area contributed by atoms with Crippen molar-refractivity contribution >= 4 is 0 Å². The van der Waals surface area contributed by atoms with E-state index in [1.165, 1.54) is 0 Å². The van der Waals surface area contributed by atoms with Gasteiger partial charge in [-0.05, 0) is 25.0 Å². The van der Waals surface area contributed by atoms with E-state index in [0.29, 0.717) is 17.9 Å². The highest BCUT2D eigenvalue weighted by atomic mass is 16.5. The van der Waals surface area contributed by atoms with Gasteiger partial charge in [0.1, 0.15) is 11.5 Å². The molecule has 0 aliphatic heterocycles. The van der Waals surface area contributed by atoms with Gasteiger partial charge in [-0.25, -0.2) is 0 Å². The third-order valence-electron chi connectivity index (χ3n) is 2.85. The lowest BCUT2D eigenvalue weighted by molar-refractivity contribution is 0.153. The van der Waals surface area contributed by atoms with Gasteiger partial charge in [0, 0.05) is 17.7 Å². The molecule has 0 spiro atoms. The molecular formula is C13H21NO3. The molecule has 0 radical (unpaired) electrons. The summed E-state index contributed by atoms with van der Waals surface area (Å²) in [5.74, 6) is 1.33. The molecule has 4 nitrogen and oxygen atoms in total. The highest BCUT2D eigenvalue weighted by molar-refractivity contribution is 5.42. The molecular weight excluding hydrogens is 218 g/mol. The highest BCUT2D eigenvalue weighted by Gasteiger charge is 2.16. The molecule has 4 heteroatoms. The second kappa shape index (κ2) is 6.47. The minimum atomic E-state index is -0.606. The zero-order chi connectivity index (χ0) is 12.8. The number of rotatable bonds is 6. The molecule has 96 valence electrons. The molecule has 0 fully saturated rings. The molecule has 2 unspecified atom stereocenters. The Morgan fingerprint density at radius 3 is 2.53 bits per heavy atom. The second-order valence-corrected chi connectivity index (χ2v) is 4.03. The van der Waals surface area contributed by atoms with Gasteiger partial charge in [0.25, 0.3) is 0 Å². The Labute approximate surface area is 102 Å². The summed E-state index contributed by atoms with van der Waals surface area (Å²) in [7, 11) is 3.17. The average Bonchev–Trinajstić information content (AvgIpc) is 2.37. The number of aliphatic hydroxyl groups excluding tert-OH is 1. The monoisotopic (exact) mass is 239 g/mol. The van der Waals surface area contributed by atoms with Crippen LogP contribution >= 0.6 is 0 Å². The Hall–Kier alpha value is -1.26. The van der Waals surface area contributed by atoms with Gasteiger partial charge in [-0.2, -0.15) is 0 Å². The summed E-state index contributed by atoms with van der Waals surface area (Å²) in [6, 6.07) is 5.37. The number of aliphatic hydroxyl groups is 1. The van der Waals surface area contributed by atoms with Gasteiger partial charge in [0.05, 0.1) is 20.3 Å². The van der Waals surface area contributed by atoms with E-state index >= 15 is 0 Å². The van der Waals surface area contributed by atoms with Crippen molar-refractivity contribution in [3.8, 4) is 11.5 Å². The molecule has 17 heavy (non-hydrogen) atoms. The summed E-state index contributed by atoms with van der Waals surface area (Å²) in [6.07, 6.45) is 0.764. The first-order valence-corrected chi connectivity index (χ1v) is 5.77. The van der Waals surface area contributed by atoms with Gasteiger partial charge in [-0.1, -0.05) is 6.92 Å². The third-order valence-corrected chi connectivity index (χ3v) is 2.85. The van der Waals surface area contributed by atoms with Gasteiger partial charge in [-0.15, -0.1) is 0 Å². The van der Waals surface area contributed by atoms with Crippen molar-refractivity contribution < 1.29 is 14.6 Å². The van der Waals surface area contributed by atoms with Crippen LogP contribution in [0.1, 0.15) is 31.4 Å². The second-order valence-electron chi connectivity index (χ2n) is 4.03. The van der Waals surface area contributed by atoms with Crippen molar-refractivity contribution in [3.05, 3.63) is 23.8 Å². The first kappa shape index (κ1) is 13.8. The molecule has 0 bridgehead atoms. The smallest absolute Gasteiger partial charge is 0.128 e. The first-order valence-electron chi connectivity index (χ1n) is 5.77. The van der Waals surface area contributed by atoms with Crippen LogP contribution in [-0.4, -0.2) is 25.4 Å². The molecule has 1 rings (SSSR count). The van der Waals surface area contributed by atoms with Crippen LogP contribution in [0, 0.1) is 0 Å². The van der Waals surface area contributed by atoms with E-state index in [1.54, 1.807) is 26.4 Å². The number of hydrogen-bond acceptors (Lipinski definition) is 4. The van der Waals surface area contributed by atoms with Crippen LogP contribution < -0.4 is 15.2 Å². The van der Waals surface area contributed by atoms with E-state index in [1.807, 2.05) is 13.0 Å². The van der Waals surface area contributed by atoms with Crippen molar-refractivity contribution in [2.75, 3.05) is 14.2 Å². The van der Waals surface area contributed by atoms with Gasteiger partial charge < -0.3 is 20.3 Å². The summed E-state index contributed by atoms with van der Waals surface area (Å²) < 4.78 is 10.4. The highest BCUT2D eigenvalue weighted by Crippen LogP contribution is 2.31. The fourth-order valence-electron chi connectivity index (χ4n) is 1.67. The standard InChI is InChI=1S/C13H21NO3/c1-4-9(14)7-12(15)11-6-5-10(16-2)8-13(11)17-3/h5-6,8-9,12,15H,4,7,14H2,1-3H3. The predicted octanol–water partition coefficient (Wildman–Crippen LogP) is 1.86. The zero-order valence-corrected chi connectivity index (χ0v) is 10.6. The van der Waals surface area contributed by atoms with E-state index in [2.05, 4.69) is 0 Å². The quantitative estimate of drug-likeness (QED) is 0.795. The molecule has 1 aromatic rings.